The number of rotatable bonds is 5. The minimum Gasteiger partial charge on any atom is -0.376 e. The molecule has 1 aromatic heterocycles. The molecule has 21 heavy (non-hydrogen) atoms. The molecule has 112 valence electrons. The van der Waals surface area contributed by atoms with Crippen LogP contribution < -0.4 is 5.32 Å². The third-order valence-corrected chi connectivity index (χ3v) is 3.88. The van der Waals surface area contributed by atoms with Crippen LogP contribution in [0.2, 0.25) is 0 Å². The molecule has 1 aliphatic heterocycles. The average molecular weight is 286 g/mol. The zero-order valence-electron chi connectivity index (χ0n) is 12.4. The van der Waals surface area contributed by atoms with E-state index in [0.717, 1.165) is 13.0 Å². The molecule has 4 nitrogen and oxygen atoms in total. The number of hydrogen-bond acceptors (Lipinski definition) is 4. The van der Waals surface area contributed by atoms with E-state index in [1.807, 2.05) is 18.5 Å². The summed E-state index contributed by atoms with van der Waals surface area (Å²) in [5.74, 6) is 0. The van der Waals surface area contributed by atoms with Gasteiger partial charge in [-0.1, -0.05) is 25.1 Å². The lowest BCUT2D eigenvalue weighted by Crippen LogP contribution is -2.41. The average Bonchev–Trinajstić information content (AvgIpc) is 2.56. The Balaban J connectivity index is 1.96. The fourth-order valence-corrected chi connectivity index (χ4v) is 2.85. The molecular weight excluding hydrogens is 264 g/mol. The van der Waals surface area contributed by atoms with E-state index in [1.165, 1.54) is 16.3 Å². The summed E-state index contributed by atoms with van der Waals surface area (Å²) in [4.78, 5) is 4.28. The zero-order chi connectivity index (χ0) is 14.5. The monoisotopic (exact) mass is 286 g/mol. The molecule has 0 spiro atoms. The molecule has 1 fully saturated rings. The fourth-order valence-electron chi connectivity index (χ4n) is 2.85. The van der Waals surface area contributed by atoms with Crippen LogP contribution in [0.15, 0.2) is 36.7 Å². The summed E-state index contributed by atoms with van der Waals surface area (Å²) in [6.07, 6.45) is 4.92. The van der Waals surface area contributed by atoms with Crippen molar-refractivity contribution in [2.75, 3.05) is 26.4 Å². The van der Waals surface area contributed by atoms with E-state index >= 15 is 0 Å². The quantitative estimate of drug-likeness (QED) is 0.918. The van der Waals surface area contributed by atoms with Gasteiger partial charge in [-0.25, -0.2) is 0 Å². The Morgan fingerprint density at radius 2 is 2.29 bits per heavy atom. The van der Waals surface area contributed by atoms with E-state index in [4.69, 9.17) is 9.47 Å². The van der Waals surface area contributed by atoms with Gasteiger partial charge in [-0.05, 0) is 30.0 Å². The van der Waals surface area contributed by atoms with Gasteiger partial charge in [-0.2, -0.15) is 0 Å². The van der Waals surface area contributed by atoms with E-state index in [-0.39, 0.29) is 12.1 Å². The number of nitrogens with zero attached hydrogens (tertiary/aromatic N) is 1. The summed E-state index contributed by atoms with van der Waals surface area (Å²) in [6, 6.07) is 8.57. The Kier molecular flexibility index (Phi) is 4.80. The minimum atomic E-state index is 0.0520. The molecule has 1 N–H and O–H groups in total. The Morgan fingerprint density at radius 3 is 3.10 bits per heavy atom. The SMILES string of the molecule is CCCNC(c1cccc2ccncc12)C1COCCO1. The molecule has 2 unspecified atom stereocenters. The van der Waals surface area contributed by atoms with E-state index in [1.54, 1.807) is 0 Å². The summed E-state index contributed by atoms with van der Waals surface area (Å²) >= 11 is 0. The van der Waals surface area contributed by atoms with Crippen molar-refractivity contribution in [3.8, 4) is 0 Å². The third-order valence-electron chi connectivity index (χ3n) is 3.88. The van der Waals surface area contributed by atoms with Crippen LogP contribution in [0, 0.1) is 0 Å². The van der Waals surface area contributed by atoms with Gasteiger partial charge in [0.2, 0.25) is 0 Å². The molecule has 2 heterocycles. The van der Waals surface area contributed by atoms with Crippen molar-refractivity contribution in [1.82, 2.24) is 10.3 Å². The summed E-state index contributed by atoms with van der Waals surface area (Å²) in [7, 11) is 0. The topological polar surface area (TPSA) is 43.4 Å². The first-order valence-electron chi connectivity index (χ1n) is 7.65. The van der Waals surface area contributed by atoms with Crippen LogP contribution in [0.25, 0.3) is 10.8 Å². The van der Waals surface area contributed by atoms with Crippen LogP contribution in [0.1, 0.15) is 24.9 Å². The van der Waals surface area contributed by atoms with Crippen molar-refractivity contribution in [3.05, 3.63) is 42.2 Å². The first kappa shape index (κ1) is 14.4. The maximum absolute atomic E-state index is 5.93. The molecule has 0 amide bonds. The van der Waals surface area contributed by atoms with E-state index < -0.39 is 0 Å². The number of hydrogen-bond donors (Lipinski definition) is 1. The lowest BCUT2D eigenvalue weighted by Gasteiger charge is -2.32. The molecule has 1 saturated heterocycles. The molecule has 1 aromatic carbocycles. The highest BCUT2D eigenvalue weighted by Crippen LogP contribution is 2.28. The predicted molar refractivity (Wildman–Crippen MR) is 83.3 cm³/mol. The summed E-state index contributed by atoms with van der Waals surface area (Å²) in [5.41, 5.74) is 1.24. The summed E-state index contributed by atoms with van der Waals surface area (Å²) in [5, 5.41) is 6.01. The molecule has 0 aliphatic carbocycles. The molecule has 3 rings (SSSR count). The van der Waals surface area contributed by atoms with Gasteiger partial charge in [0.15, 0.2) is 0 Å². The van der Waals surface area contributed by atoms with Crippen molar-refractivity contribution >= 4 is 10.8 Å². The molecule has 1 aliphatic rings. The van der Waals surface area contributed by atoms with Crippen molar-refractivity contribution in [3.63, 3.8) is 0 Å². The molecule has 2 aromatic rings. The van der Waals surface area contributed by atoms with Crippen molar-refractivity contribution < 1.29 is 9.47 Å². The van der Waals surface area contributed by atoms with Crippen LogP contribution in [0.3, 0.4) is 0 Å². The number of nitrogens with one attached hydrogen (secondary N) is 1. The number of benzene rings is 1. The van der Waals surface area contributed by atoms with Gasteiger partial charge >= 0.3 is 0 Å². The van der Waals surface area contributed by atoms with E-state index in [2.05, 4.69) is 35.4 Å². The van der Waals surface area contributed by atoms with Crippen molar-refractivity contribution in [2.45, 2.75) is 25.5 Å². The Hall–Kier alpha value is -1.49. The standard InChI is InChI=1S/C17H22N2O2/c1-2-7-19-17(16-12-20-9-10-21-16)14-5-3-4-13-6-8-18-11-15(13)14/h3-6,8,11,16-17,19H,2,7,9-10,12H2,1H3. The number of aromatic nitrogens is 1. The van der Waals surface area contributed by atoms with Crippen LogP contribution in [0.4, 0.5) is 0 Å². The highest BCUT2D eigenvalue weighted by atomic mass is 16.6. The fraction of sp³-hybridized carbons (Fsp3) is 0.471. The summed E-state index contributed by atoms with van der Waals surface area (Å²) < 4.78 is 11.5. The zero-order valence-corrected chi connectivity index (χ0v) is 12.4. The van der Waals surface area contributed by atoms with Gasteiger partial charge in [0.25, 0.3) is 0 Å². The van der Waals surface area contributed by atoms with Crippen molar-refractivity contribution in [1.29, 1.82) is 0 Å². The number of pyridine rings is 1. The normalized spacial score (nSPS) is 20.5. The van der Waals surface area contributed by atoms with Crippen LogP contribution in [-0.4, -0.2) is 37.5 Å². The molecule has 0 radical (unpaired) electrons. The van der Waals surface area contributed by atoms with Crippen molar-refractivity contribution in [2.24, 2.45) is 0 Å². The maximum Gasteiger partial charge on any atom is 0.100 e. The highest BCUT2D eigenvalue weighted by Gasteiger charge is 2.27. The van der Waals surface area contributed by atoms with Crippen LogP contribution in [0.5, 0.6) is 0 Å². The first-order chi connectivity index (χ1) is 10.4. The lowest BCUT2D eigenvalue weighted by atomic mass is 9.96. The molecule has 2 atom stereocenters. The van der Waals surface area contributed by atoms with Gasteiger partial charge in [-0.15, -0.1) is 0 Å². The van der Waals surface area contributed by atoms with Gasteiger partial charge < -0.3 is 14.8 Å². The largest absolute Gasteiger partial charge is 0.376 e. The summed E-state index contributed by atoms with van der Waals surface area (Å²) in [6.45, 7) is 5.12. The first-order valence-corrected chi connectivity index (χ1v) is 7.65. The lowest BCUT2D eigenvalue weighted by molar-refractivity contribution is -0.102. The third kappa shape index (κ3) is 3.23. The Bertz CT molecular complexity index is 577. The van der Waals surface area contributed by atoms with Gasteiger partial charge in [-0.3, -0.25) is 4.98 Å². The molecular formula is C17H22N2O2. The molecule has 0 saturated carbocycles. The van der Waals surface area contributed by atoms with Gasteiger partial charge in [0.05, 0.1) is 25.9 Å². The second-order valence-electron chi connectivity index (χ2n) is 5.36. The van der Waals surface area contributed by atoms with Crippen LogP contribution in [-0.2, 0) is 9.47 Å². The second-order valence-corrected chi connectivity index (χ2v) is 5.36. The van der Waals surface area contributed by atoms with Crippen LogP contribution >= 0.6 is 0 Å². The predicted octanol–water partition coefficient (Wildman–Crippen LogP) is 2.69. The number of fused-ring (bicyclic) bond motifs is 1. The smallest absolute Gasteiger partial charge is 0.100 e. The molecule has 4 heteroatoms. The minimum absolute atomic E-state index is 0.0520. The highest BCUT2D eigenvalue weighted by molar-refractivity contribution is 5.85. The Morgan fingerprint density at radius 1 is 1.33 bits per heavy atom. The molecule has 0 bridgehead atoms. The van der Waals surface area contributed by atoms with Gasteiger partial charge in [0, 0.05) is 17.8 Å². The Labute approximate surface area is 125 Å². The maximum atomic E-state index is 5.93. The number of ether oxygens (including phenoxy) is 2. The van der Waals surface area contributed by atoms with E-state index in [0.29, 0.717) is 19.8 Å². The van der Waals surface area contributed by atoms with E-state index in [9.17, 15) is 0 Å². The van der Waals surface area contributed by atoms with Gasteiger partial charge in [0.1, 0.15) is 6.10 Å². The second kappa shape index (κ2) is 6.98.